The molecular formula is C24H27N3O3. The van der Waals surface area contributed by atoms with Gasteiger partial charge >= 0.3 is 0 Å². The second-order valence-corrected chi connectivity index (χ2v) is 7.06. The molecule has 1 N–H and O–H groups in total. The summed E-state index contributed by atoms with van der Waals surface area (Å²) in [6.07, 6.45) is 1.79. The third kappa shape index (κ3) is 6.12. The lowest BCUT2D eigenvalue weighted by Gasteiger charge is -2.12. The van der Waals surface area contributed by atoms with Gasteiger partial charge < -0.3 is 10.1 Å². The Labute approximate surface area is 176 Å². The molecule has 0 saturated heterocycles. The Kier molecular flexibility index (Phi) is 7.92. The monoisotopic (exact) mass is 405 g/mol. The Balaban J connectivity index is 1.59. The SMILES string of the molecule is CCCCn1nc(C(=O)NCc2ccccc2COCc2ccccc2)ccc1=O. The van der Waals surface area contributed by atoms with Crippen LogP contribution in [0.3, 0.4) is 0 Å². The average Bonchev–Trinajstić information content (AvgIpc) is 2.78. The molecule has 0 bridgehead atoms. The number of nitrogens with one attached hydrogen (secondary N) is 1. The zero-order chi connectivity index (χ0) is 21.2. The summed E-state index contributed by atoms with van der Waals surface area (Å²) in [5, 5.41) is 7.09. The normalized spacial score (nSPS) is 10.7. The number of carbonyl (C=O) groups is 1. The summed E-state index contributed by atoms with van der Waals surface area (Å²) in [5.41, 5.74) is 3.17. The molecule has 0 aliphatic heterocycles. The third-order valence-corrected chi connectivity index (χ3v) is 4.75. The van der Waals surface area contributed by atoms with Crippen molar-refractivity contribution in [2.24, 2.45) is 0 Å². The van der Waals surface area contributed by atoms with E-state index >= 15 is 0 Å². The Morgan fingerprint density at radius 2 is 1.70 bits per heavy atom. The van der Waals surface area contributed by atoms with Gasteiger partial charge in [0.25, 0.3) is 11.5 Å². The van der Waals surface area contributed by atoms with E-state index in [9.17, 15) is 9.59 Å². The fourth-order valence-electron chi connectivity index (χ4n) is 3.03. The average molecular weight is 405 g/mol. The van der Waals surface area contributed by atoms with Crippen LogP contribution in [0.15, 0.2) is 71.5 Å². The molecule has 1 heterocycles. The van der Waals surface area contributed by atoms with Crippen LogP contribution < -0.4 is 10.9 Å². The van der Waals surface area contributed by atoms with Gasteiger partial charge in [-0.2, -0.15) is 5.10 Å². The van der Waals surface area contributed by atoms with Gasteiger partial charge in [0.1, 0.15) is 5.69 Å². The highest BCUT2D eigenvalue weighted by atomic mass is 16.5. The lowest BCUT2D eigenvalue weighted by Crippen LogP contribution is -2.29. The summed E-state index contributed by atoms with van der Waals surface area (Å²) in [6, 6.07) is 20.7. The van der Waals surface area contributed by atoms with Crippen LogP contribution in [-0.2, 0) is 31.0 Å². The van der Waals surface area contributed by atoms with E-state index in [-0.39, 0.29) is 17.2 Å². The molecule has 0 spiro atoms. The summed E-state index contributed by atoms with van der Waals surface area (Å²) in [5.74, 6) is -0.305. The molecule has 1 amide bonds. The number of aryl methyl sites for hydroxylation is 1. The molecule has 6 heteroatoms. The minimum Gasteiger partial charge on any atom is -0.372 e. The number of aromatic nitrogens is 2. The van der Waals surface area contributed by atoms with Crippen molar-refractivity contribution in [1.82, 2.24) is 15.1 Å². The summed E-state index contributed by atoms with van der Waals surface area (Å²) in [4.78, 5) is 24.4. The topological polar surface area (TPSA) is 73.2 Å². The standard InChI is InChI=1S/C24H27N3O3/c1-2-3-15-27-23(28)14-13-22(26-27)24(29)25-16-20-11-7-8-12-21(20)18-30-17-19-9-5-4-6-10-19/h4-14H,2-3,15-18H2,1H3,(H,25,29). The number of rotatable bonds is 10. The zero-order valence-electron chi connectivity index (χ0n) is 17.2. The van der Waals surface area contributed by atoms with E-state index < -0.39 is 0 Å². The highest BCUT2D eigenvalue weighted by Crippen LogP contribution is 2.12. The number of benzene rings is 2. The summed E-state index contributed by atoms with van der Waals surface area (Å²) in [7, 11) is 0. The first kappa shape index (κ1) is 21.5. The minimum absolute atomic E-state index is 0.194. The number of hydrogen-bond acceptors (Lipinski definition) is 4. The van der Waals surface area contributed by atoms with Crippen molar-refractivity contribution in [1.29, 1.82) is 0 Å². The molecule has 6 nitrogen and oxygen atoms in total. The van der Waals surface area contributed by atoms with Crippen LogP contribution in [-0.4, -0.2) is 15.7 Å². The number of hydrogen-bond donors (Lipinski definition) is 1. The molecule has 3 aromatic rings. The van der Waals surface area contributed by atoms with E-state index in [1.165, 1.54) is 16.8 Å². The highest BCUT2D eigenvalue weighted by Gasteiger charge is 2.11. The molecule has 0 aliphatic carbocycles. The van der Waals surface area contributed by atoms with Crippen LogP contribution in [0.2, 0.25) is 0 Å². The molecule has 0 aliphatic rings. The van der Waals surface area contributed by atoms with E-state index in [0.29, 0.717) is 26.3 Å². The predicted octanol–water partition coefficient (Wildman–Crippen LogP) is 3.69. The molecule has 0 radical (unpaired) electrons. The molecule has 30 heavy (non-hydrogen) atoms. The molecule has 0 saturated carbocycles. The first-order valence-electron chi connectivity index (χ1n) is 10.2. The van der Waals surface area contributed by atoms with Crippen molar-refractivity contribution < 1.29 is 9.53 Å². The molecule has 0 unspecified atom stereocenters. The number of nitrogens with zero attached hydrogens (tertiary/aromatic N) is 2. The molecule has 1 aromatic heterocycles. The van der Waals surface area contributed by atoms with Gasteiger partial charge in [0, 0.05) is 19.2 Å². The Bertz CT molecular complexity index is 1020. The lowest BCUT2D eigenvalue weighted by atomic mass is 10.1. The minimum atomic E-state index is -0.305. The molecular weight excluding hydrogens is 378 g/mol. The quantitative estimate of drug-likeness (QED) is 0.558. The van der Waals surface area contributed by atoms with Gasteiger partial charge in [-0.3, -0.25) is 9.59 Å². The van der Waals surface area contributed by atoms with E-state index in [4.69, 9.17) is 4.74 Å². The van der Waals surface area contributed by atoms with Crippen molar-refractivity contribution in [3.8, 4) is 0 Å². The Morgan fingerprint density at radius 1 is 0.967 bits per heavy atom. The van der Waals surface area contributed by atoms with E-state index in [1.807, 2.05) is 61.5 Å². The summed E-state index contributed by atoms with van der Waals surface area (Å²) in [6.45, 7) is 3.91. The second-order valence-electron chi connectivity index (χ2n) is 7.06. The third-order valence-electron chi connectivity index (χ3n) is 4.75. The van der Waals surface area contributed by atoms with Crippen molar-refractivity contribution in [2.75, 3.05) is 0 Å². The number of ether oxygens (including phenoxy) is 1. The molecule has 156 valence electrons. The number of carbonyl (C=O) groups excluding carboxylic acids is 1. The lowest BCUT2D eigenvalue weighted by molar-refractivity contribution is 0.0940. The van der Waals surface area contributed by atoms with Crippen LogP contribution in [0.1, 0.15) is 46.9 Å². The molecule has 0 atom stereocenters. The molecule has 0 fully saturated rings. The summed E-state index contributed by atoms with van der Waals surface area (Å²) >= 11 is 0. The molecule has 3 rings (SSSR count). The molecule has 2 aromatic carbocycles. The fraction of sp³-hybridized carbons (Fsp3) is 0.292. The Morgan fingerprint density at radius 3 is 2.47 bits per heavy atom. The Hall–Kier alpha value is -3.25. The highest BCUT2D eigenvalue weighted by molar-refractivity contribution is 5.91. The summed E-state index contributed by atoms with van der Waals surface area (Å²) < 4.78 is 7.19. The van der Waals surface area contributed by atoms with Crippen molar-refractivity contribution >= 4 is 5.91 Å². The van der Waals surface area contributed by atoms with Crippen LogP contribution in [0.25, 0.3) is 0 Å². The van der Waals surface area contributed by atoms with Crippen LogP contribution in [0.4, 0.5) is 0 Å². The largest absolute Gasteiger partial charge is 0.372 e. The van der Waals surface area contributed by atoms with Crippen molar-refractivity contribution in [2.45, 2.75) is 46.1 Å². The van der Waals surface area contributed by atoms with Crippen LogP contribution in [0, 0.1) is 0 Å². The van der Waals surface area contributed by atoms with Crippen molar-refractivity contribution in [3.63, 3.8) is 0 Å². The van der Waals surface area contributed by atoms with Gasteiger partial charge in [0.05, 0.1) is 13.2 Å². The van der Waals surface area contributed by atoms with E-state index in [2.05, 4.69) is 10.4 Å². The fourth-order valence-corrected chi connectivity index (χ4v) is 3.03. The van der Waals surface area contributed by atoms with Crippen molar-refractivity contribution in [3.05, 3.63) is 99.5 Å². The van der Waals surface area contributed by atoms with Gasteiger partial charge in [-0.05, 0) is 29.2 Å². The smallest absolute Gasteiger partial charge is 0.271 e. The van der Waals surface area contributed by atoms with Gasteiger partial charge in [-0.1, -0.05) is 67.9 Å². The van der Waals surface area contributed by atoms with Crippen LogP contribution in [0.5, 0.6) is 0 Å². The maximum absolute atomic E-state index is 12.5. The number of amides is 1. The first-order chi connectivity index (χ1) is 14.7. The van der Waals surface area contributed by atoms with Crippen LogP contribution >= 0.6 is 0 Å². The number of unbranched alkanes of at least 4 members (excludes halogenated alkanes) is 1. The maximum Gasteiger partial charge on any atom is 0.271 e. The van der Waals surface area contributed by atoms with Gasteiger partial charge in [0.2, 0.25) is 0 Å². The van der Waals surface area contributed by atoms with Gasteiger partial charge in [-0.15, -0.1) is 0 Å². The maximum atomic E-state index is 12.5. The van der Waals surface area contributed by atoms with Gasteiger partial charge in [-0.25, -0.2) is 4.68 Å². The van der Waals surface area contributed by atoms with E-state index in [1.54, 1.807) is 0 Å². The van der Waals surface area contributed by atoms with Gasteiger partial charge in [0.15, 0.2) is 0 Å². The second kappa shape index (κ2) is 11.1. The zero-order valence-corrected chi connectivity index (χ0v) is 17.2. The predicted molar refractivity (Wildman–Crippen MR) is 116 cm³/mol. The first-order valence-corrected chi connectivity index (χ1v) is 10.2. The van der Waals surface area contributed by atoms with E-state index in [0.717, 1.165) is 29.5 Å².